The highest BCUT2D eigenvalue weighted by atomic mass is 19.2. The van der Waals surface area contributed by atoms with Gasteiger partial charge in [0.1, 0.15) is 6.07 Å². The summed E-state index contributed by atoms with van der Waals surface area (Å²) in [6.45, 7) is 2.95. The summed E-state index contributed by atoms with van der Waals surface area (Å²) in [7, 11) is 0. The molecule has 1 fully saturated rings. The van der Waals surface area contributed by atoms with E-state index in [0.717, 1.165) is 25.2 Å². The zero-order valence-corrected chi connectivity index (χ0v) is 8.63. The van der Waals surface area contributed by atoms with Gasteiger partial charge in [-0.3, -0.25) is 0 Å². The van der Waals surface area contributed by atoms with Crippen molar-refractivity contribution in [2.45, 2.75) is 0 Å². The minimum Gasteiger partial charge on any atom is -0.368 e. The number of halogens is 2. The van der Waals surface area contributed by atoms with E-state index in [0.29, 0.717) is 18.8 Å². The Morgan fingerprint density at radius 2 is 1.81 bits per heavy atom. The van der Waals surface area contributed by atoms with Crippen molar-refractivity contribution >= 4 is 5.69 Å². The molecular formula is C11H11F2N3. The standard InChI is InChI=1S/C11H11F2N3/c12-9-5-8(7-14)11(6-10(9)13)16-3-1-15-2-4-16/h5-6,15H,1-4H2. The molecule has 3 nitrogen and oxygen atoms in total. The maximum Gasteiger partial charge on any atom is 0.160 e. The van der Waals surface area contributed by atoms with E-state index in [-0.39, 0.29) is 5.56 Å². The van der Waals surface area contributed by atoms with Gasteiger partial charge in [0.05, 0.1) is 11.3 Å². The number of nitrogens with one attached hydrogen (secondary N) is 1. The van der Waals surface area contributed by atoms with Crippen molar-refractivity contribution in [2.24, 2.45) is 0 Å². The zero-order chi connectivity index (χ0) is 11.5. The van der Waals surface area contributed by atoms with E-state index in [2.05, 4.69) is 5.32 Å². The van der Waals surface area contributed by atoms with E-state index in [1.165, 1.54) is 0 Å². The summed E-state index contributed by atoms with van der Waals surface area (Å²) < 4.78 is 26.1. The van der Waals surface area contributed by atoms with Gasteiger partial charge in [0.2, 0.25) is 0 Å². The molecule has 1 N–H and O–H groups in total. The number of benzene rings is 1. The van der Waals surface area contributed by atoms with Gasteiger partial charge in [-0.25, -0.2) is 8.78 Å². The fourth-order valence-corrected chi connectivity index (χ4v) is 1.79. The maximum absolute atomic E-state index is 13.1. The van der Waals surface area contributed by atoms with Crippen molar-refractivity contribution in [1.82, 2.24) is 5.32 Å². The van der Waals surface area contributed by atoms with Crippen LogP contribution in [0.4, 0.5) is 14.5 Å². The summed E-state index contributed by atoms with van der Waals surface area (Å²) in [5, 5.41) is 12.0. The lowest BCUT2D eigenvalue weighted by atomic mass is 10.1. The number of hydrogen-bond donors (Lipinski definition) is 1. The summed E-state index contributed by atoms with van der Waals surface area (Å²) in [6.07, 6.45) is 0. The number of hydrogen-bond acceptors (Lipinski definition) is 3. The molecule has 16 heavy (non-hydrogen) atoms. The predicted molar refractivity (Wildman–Crippen MR) is 56.2 cm³/mol. The van der Waals surface area contributed by atoms with Crippen LogP contribution in [0.15, 0.2) is 12.1 Å². The normalized spacial score (nSPS) is 15.9. The van der Waals surface area contributed by atoms with Gasteiger partial charge < -0.3 is 10.2 Å². The molecule has 0 saturated carbocycles. The Morgan fingerprint density at radius 3 is 2.44 bits per heavy atom. The van der Waals surface area contributed by atoms with Crippen LogP contribution in [0.2, 0.25) is 0 Å². The van der Waals surface area contributed by atoms with Gasteiger partial charge in [-0.2, -0.15) is 5.26 Å². The third-order valence-corrected chi connectivity index (χ3v) is 2.62. The molecule has 1 aliphatic rings. The lowest BCUT2D eigenvalue weighted by Gasteiger charge is -2.30. The average molecular weight is 223 g/mol. The molecule has 1 aromatic carbocycles. The number of rotatable bonds is 1. The van der Waals surface area contributed by atoms with Crippen LogP contribution in [0.1, 0.15) is 5.56 Å². The minimum absolute atomic E-state index is 0.181. The number of anilines is 1. The average Bonchev–Trinajstić information content (AvgIpc) is 2.33. The number of nitrogens with zero attached hydrogens (tertiary/aromatic N) is 2. The maximum atomic E-state index is 13.1. The van der Waals surface area contributed by atoms with E-state index >= 15 is 0 Å². The van der Waals surface area contributed by atoms with Crippen LogP contribution < -0.4 is 10.2 Å². The topological polar surface area (TPSA) is 39.1 Å². The second-order valence-corrected chi connectivity index (χ2v) is 3.63. The first-order valence-corrected chi connectivity index (χ1v) is 5.07. The van der Waals surface area contributed by atoms with E-state index < -0.39 is 11.6 Å². The molecule has 0 spiro atoms. The monoisotopic (exact) mass is 223 g/mol. The van der Waals surface area contributed by atoms with Gasteiger partial charge in [-0.15, -0.1) is 0 Å². The molecule has 1 aliphatic heterocycles. The Morgan fingerprint density at radius 1 is 1.19 bits per heavy atom. The lowest BCUT2D eigenvalue weighted by Crippen LogP contribution is -2.43. The molecule has 0 radical (unpaired) electrons. The van der Waals surface area contributed by atoms with Gasteiger partial charge >= 0.3 is 0 Å². The van der Waals surface area contributed by atoms with Crippen LogP contribution in [0, 0.1) is 23.0 Å². The van der Waals surface area contributed by atoms with Gasteiger partial charge in [0.25, 0.3) is 0 Å². The second-order valence-electron chi connectivity index (χ2n) is 3.63. The quantitative estimate of drug-likeness (QED) is 0.778. The largest absolute Gasteiger partial charge is 0.368 e. The summed E-state index contributed by atoms with van der Waals surface area (Å²) in [5.41, 5.74) is 0.656. The van der Waals surface area contributed by atoms with E-state index in [9.17, 15) is 8.78 Å². The van der Waals surface area contributed by atoms with Crippen molar-refractivity contribution in [3.05, 3.63) is 29.3 Å². The van der Waals surface area contributed by atoms with E-state index in [1.807, 2.05) is 11.0 Å². The van der Waals surface area contributed by atoms with Crippen LogP contribution in [-0.2, 0) is 0 Å². The van der Waals surface area contributed by atoms with Crippen molar-refractivity contribution in [1.29, 1.82) is 5.26 Å². The van der Waals surface area contributed by atoms with Gasteiger partial charge in [-0.1, -0.05) is 0 Å². The molecule has 1 aromatic rings. The fourth-order valence-electron chi connectivity index (χ4n) is 1.79. The first kappa shape index (κ1) is 10.8. The predicted octanol–water partition coefficient (Wildman–Crippen LogP) is 1.25. The highest BCUT2D eigenvalue weighted by Gasteiger charge is 2.17. The van der Waals surface area contributed by atoms with Crippen molar-refractivity contribution in [2.75, 3.05) is 31.1 Å². The Hall–Kier alpha value is -1.67. The van der Waals surface area contributed by atoms with E-state index in [1.54, 1.807) is 0 Å². The smallest absolute Gasteiger partial charge is 0.160 e. The van der Waals surface area contributed by atoms with Crippen LogP contribution in [-0.4, -0.2) is 26.2 Å². The molecule has 1 heterocycles. The molecule has 0 unspecified atom stereocenters. The molecule has 1 saturated heterocycles. The molecule has 0 atom stereocenters. The summed E-state index contributed by atoms with van der Waals surface area (Å²) in [6, 6.07) is 3.94. The Balaban J connectivity index is 2.38. The number of piperazine rings is 1. The molecule has 84 valence electrons. The van der Waals surface area contributed by atoms with Crippen molar-refractivity contribution in [3.8, 4) is 6.07 Å². The number of nitriles is 1. The Labute approximate surface area is 92.3 Å². The van der Waals surface area contributed by atoms with Crippen molar-refractivity contribution in [3.63, 3.8) is 0 Å². The van der Waals surface area contributed by atoms with Crippen LogP contribution >= 0.6 is 0 Å². The minimum atomic E-state index is -0.976. The van der Waals surface area contributed by atoms with Crippen molar-refractivity contribution < 1.29 is 8.78 Å². The molecule has 0 aliphatic carbocycles. The summed E-state index contributed by atoms with van der Waals surface area (Å²) in [5.74, 6) is -1.89. The molecule has 5 heteroatoms. The van der Waals surface area contributed by atoms with Gasteiger partial charge in [-0.05, 0) is 6.07 Å². The van der Waals surface area contributed by atoms with Crippen LogP contribution in [0.3, 0.4) is 0 Å². The highest BCUT2D eigenvalue weighted by Crippen LogP contribution is 2.23. The summed E-state index contributed by atoms with van der Waals surface area (Å²) in [4.78, 5) is 1.89. The first-order valence-electron chi connectivity index (χ1n) is 5.07. The SMILES string of the molecule is N#Cc1cc(F)c(F)cc1N1CCNCC1. The van der Waals surface area contributed by atoms with Crippen LogP contribution in [0.25, 0.3) is 0 Å². The molecule has 2 rings (SSSR count). The molecule has 0 aromatic heterocycles. The fraction of sp³-hybridized carbons (Fsp3) is 0.364. The third-order valence-electron chi connectivity index (χ3n) is 2.62. The van der Waals surface area contributed by atoms with Crippen LogP contribution in [0.5, 0.6) is 0 Å². The molecule has 0 bridgehead atoms. The Kier molecular flexibility index (Phi) is 3.02. The lowest BCUT2D eigenvalue weighted by molar-refractivity contribution is 0.506. The third kappa shape index (κ3) is 1.97. The first-order chi connectivity index (χ1) is 7.72. The second kappa shape index (κ2) is 4.45. The molecular weight excluding hydrogens is 212 g/mol. The van der Waals surface area contributed by atoms with Gasteiger partial charge in [0, 0.05) is 32.2 Å². The Bertz CT molecular complexity index is 434. The van der Waals surface area contributed by atoms with Gasteiger partial charge in [0.15, 0.2) is 11.6 Å². The summed E-state index contributed by atoms with van der Waals surface area (Å²) >= 11 is 0. The zero-order valence-electron chi connectivity index (χ0n) is 8.63. The van der Waals surface area contributed by atoms with E-state index in [4.69, 9.17) is 5.26 Å². The highest BCUT2D eigenvalue weighted by molar-refractivity contribution is 5.60. The molecule has 0 amide bonds.